The Hall–Kier alpha value is -0.120. The molecule has 0 aromatic carbocycles. The van der Waals surface area contributed by atoms with Gasteiger partial charge in [0.05, 0.1) is 13.2 Å². The quantitative estimate of drug-likeness (QED) is 0.634. The fraction of sp³-hybridized carbons (Fsp3) is 1.00. The molecule has 3 heteroatoms. The van der Waals surface area contributed by atoms with Gasteiger partial charge in [-0.1, -0.05) is 13.3 Å². The molecule has 1 heterocycles. The number of hydrogen-bond donors (Lipinski definition) is 1. The number of rotatable bonds is 7. The maximum Gasteiger partial charge on any atom is 0.0646 e. The Bertz CT molecular complexity index is 144. The Kier molecular flexibility index (Phi) is 5.45. The molecule has 1 atom stereocenters. The molecule has 1 unspecified atom stereocenters. The molecule has 0 amide bonds. The Morgan fingerprint density at radius 1 is 1.43 bits per heavy atom. The zero-order chi connectivity index (χ0) is 10.3. The summed E-state index contributed by atoms with van der Waals surface area (Å²) in [6.07, 6.45) is 3.49. The summed E-state index contributed by atoms with van der Waals surface area (Å²) in [6, 6.07) is 0. The SMILES string of the molecule is CCCCOCCNC1(C)CCOC1. The summed E-state index contributed by atoms with van der Waals surface area (Å²) in [4.78, 5) is 0. The van der Waals surface area contributed by atoms with Crippen molar-refractivity contribution in [2.24, 2.45) is 0 Å². The zero-order valence-corrected chi connectivity index (χ0v) is 9.47. The van der Waals surface area contributed by atoms with E-state index in [2.05, 4.69) is 19.2 Å². The summed E-state index contributed by atoms with van der Waals surface area (Å²) in [5, 5.41) is 3.48. The summed E-state index contributed by atoms with van der Waals surface area (Å²) >= 11 is 0. The monoisotopic (exact) mass is 201 g/mol. The molecule has 0 aliphatic carbocycles. The molecular formula is C11H23NO2. The molecule has 14 heavy (non-hydrogen) atoms. The van der Waals surface area contributed by atoms with Gasteiger partial charge in [0.2, 0.25) is 0 Å². The van der Waals surface area contributed by atoms with Crippen LogP contribution in [-0.2, 0) is 9.47 Å². The van der Waals surface area contributed by atoms with Gasteiger partial charge in [0.15, 0.2) is 0 Å². The molecule has 1 rings (SSSR count). The van der Waals surface area contributed by atoms with Crippen LogP contribution in [0.25, 0.3) is 0 Å². The van der Waals surface area contributed by atoms with E-state index in [-0.39, 0.29) is 5.54 Å². The summed E-state index contributed by atoms with van der Waals surface area (Å²) in [5.41, 5.74) is 0.189. The third-order valence-corrected chi connectivity index (χ3v) is 2.66. The topological polar surface area (TPSA) is 30.5 Å². The van der Waals surface area contributed by atoms with Crippen molar-refractivity contribution in [1.82, 2.24) is 5.32 Å². The van der Waals surface area contributed by atoms with E-state index in [1.165, 1.54) is 12.8 Å². The maximum atomic E-state index is 5.48. The minimum absolute atomic E-state index is 0.189. The number of ether oxygens (including phenoxy) is 2. The lowest BCUT2D eigenvalue weighted by molar-refractivity contribution is 0.121. The first kappa shape index (κ1) is 12.0. The van der Waals surface area contributed by atoms with Gasteiger partial charge in [0, 0.05) is 25.3 Å². The molecule has 1 aliphatic heterocycles. The Morgan fingerprint density at radius 2 is 2.29 bits per heavy atom. The van der Waals surface area contributed by atoms with Gasteiger partial charge in [-0.3, -0.25) is 0 Å². The van der Waals surface area contributed by atoms with Crippen LogP contribution in [-0.4, -0.2) is 38.5 Å². The van der Waals surface area contributed by atoms with Crippen LogP contribution >= 0.6 is 0 Å². The number of nitrogens with one attached hydrogen (secondary N) is 1. The first-order valence-electron chi connectivity index (χ1n) is 5.67. The second-order valence-electron chi connectivity index (χ2n) is 4.26. The molecule has 0 bridgehead atoms. The van der Waals surface area contributed by atoms with Crippen molar-refractivity contribution < 1.29 is 9.47 Å². The highest BCUT2D eigenvalue weighted by Crippen LogP contribution is 2.16. The zero-order valence-electron chi connectivity index (χ0n) is 9.47. The average Bonchev–Trinajstić information content (AvgIpc) is 2.59. The first-order valence-corrected chi connectivity index (χ1v) is 5.67. The largest absolute Gasteiger partial charge is 0.380 e. The maximum absolute atomic E-state index is 5.48. The normalized spacial score (nSPS) is 27.0. The Balaban J connectivity index is 1.92. The molecule has 1 N–H and O–H groups in total. The molecule has 0 aromatic rings. The van der Waals surface area contributed by atoms with Gasteiger partial charge in [0.1, 0.15) is 0 Å². The number of hydrogen-bond acceptors (Lipinski definition) is 3. The van der Waals surface area contributed by atoms with Crippen molar-refractivity contribution in [3.05, 3.63) is 0 Å². The lowest BCUT2D eigenvalue weighted by Crippen LogP contribution is -2.44. The van der Waals surface area contributed by atoms with E-state index in [4.69, 9.17) is 9.47 Å². The Morgan fingerprint density at radius 3 is 2.93 bits per heavy atom. The summed E-state index contributed by atoms with van der Waals surface area (Å²) in [7, 11) is 0. The van der Waals surface area contributed by atoms with E-state index in [1.54, 1.807) is 0 Å². The molecule has 0 saturated carbocycles. The Labute approximate surface area is 87.2 Å². The highest BCUT2D eigenvalue weighted by atomic mass is 16.5. The van der Waals surface area contributed by atoms with Gasteiger partial charge in [0.25, 0.3) is 0 Å². The van der Waals surface area contributed by atoms with Crippen molar-refractivity contribution >= 4 is 0 Å². The fourth-order valence-electron chi connectivity index (χ4n) is 1.58. The van der Waals surface area contributed by atoms with Gasteiger partial charge >= 0.3 is 0 Å². The smallest absolute Gasteiger partial charge is 0.0646 e. The molecule has 0 radical (unpaired) electrons. The minimum Gasteiger partial charge on any atom is -0.380 e. The van der Waals surface area contributed by atoms with E-state index in [0.717, 1.165) is 39.4 Å². The molecule has 1 saturated heterocycles. The lowest BCUT2D eigenvalue weighted by Gasteiger charge is -2.23. The van der Waals surface area contributed by atoms with Crippen molar-refractivity contribution in [3.63, 3.8) is 0 Å². The molecule has 3 nitrogen and oxygen atoms in total. The number of unbranched alkanes of at least 4 members (excludes halogenated alkanes) is 1. The second-order valence-corrected chi connectivity index (χ2v) is 4.26. The summed E-state index contributed by atoms with van der Waals surface area (Å²) < 4.78 is 10.8. The van der Waals surface area contributed by atoms with Crippen LogP contribution in [0, 0.1) is 0 Å². The van der Waals surface area contributed by atoms with Gasteiger partial charge < -0.3 is 14.8 Å². The van der Waals surface area contributed by atoms with Crippen molar-refractivity contribution in [2.75, 3.05) is 33.0 Å². The van der Waals surface area contributed by atoms with Gasteiger partial charge in [-0.25, -0.2) is 0 Å². The van der Waals surface area contributed by atoms with Gasteiger partial charge in [-0.2, -0.15) is 0 Å². The lowest BCUT2D eigenvalue weighted by atomic mass is 10.0. The summed E-state index contributed by atoms with van der Waals surface area (Å²) in [6.45, 7) is 8.76. The molecule has 1 fully saturated rings. The van der Waals surface area contributed by atoms with Crippen molar-refractivity contribution in [1.29, 1.82) is 0 Å². The highest BCUT2D eigenvalue weighted by molar-refractivity contribution is 4.86. The predicted octanol–water partition coefficient (Wildman–Crippen LogP) is 1.57. The van der Waals surface area contributed by atoms with Crippen molar-refractivity contribution in [3.8, 4) is 0 Å². The van der Waals surface area contributed by atoms with E-state index in [0.29, 0.717) is 0 Å². The third kappa shape index (κ3) is 4.40. The molecule has 0 aromatic heterocycles. The highest BCUT2D eigenvalue weighted by Gasteiger charge is 2.28. The van der Waals surface area contributed by atoms with Crippen LogP contribution in [0.3, 0.4) is 0 Å². The third-order valence-electron chi connectivity index (χ3n) is 2.66. The summed E-state index contributed by atoms with van der Waals surface area (Å²) in [5.74, 6) is 0. The van der Waals surface area contributed by atoms with Crippen LogP contribution in [0.4, 0.5) is 0 Å². The standard InChI is InChI=1S/C11H23NO2/c1-3-4-7-13-9-6-12-11(2)5-8-14-10-11/h12H,3-10H2,1-2H3. The minimum atomic E-state index is 0.189. The first-order chi connectivity index (χ1) is 6.77. The van der Waals surface area contributed by atoms with Crippen LogP contribution in [0.1, 0.15) is 33.1 Å². The van der Waals surface area contributed by atoms with Crippen LogP contribution in [0.5, 0.6) is 0 Å². The second kappa shape index (κ2) is 6.38. The molecule has 0 spiro atoms. The van der Waals surface area contributed by atoms with E-state index in [9.17, 15) is 0 Å². The van der Waals surface area contributed by atoms with Crippen molar-refractivity contribution in [2.45, 2.75) is 38.6 Å². The molecule has 1 aliphatic rings. The fourth-order valence-corrected chi connectivity index (χ4v) is 1.58. The van der Waals surface area contributed by atoms with E-state index < -0.39 is 0 Å². The average molecular weight is 201 g/mol. The molecule has 84 valence electrons. The van der Waals surface area contributed by atoms with Gasteiger partial charge in [-0.05, 0) is 19.8 Å². The van der Waals surface area contributed by atoms with Crippen LogP contribution < -0.4 is 5.32 Å². The van der Waals surface area contributed by atoms with E-state index in [1.807, 2.05) is 0 Å². The molecular weight excluding hydrogens is 178 g/mol. The van der Waals surface area contributed by atoms with Gasteiger partial charge in [-0.15, -0.1) is 0 Å². The van der Waals surface area contributed by atoms with E-state index >= 15 is 0 Å². The van der Waals surface area contributed by atoms with Crippen LogP contribution in [0.15, 0.2) is 0 Å². The van der Waals surface area contributed by atoms with Crippen LogP contribution in [0.2, 0.25) is 0 Å². The predicted molar refractivity (Wildman–Crippen MR) is 57.6 cm³/mol.